The van der Waals surface area contributed by atoms with Crippen LogP contribution in [0.25, 0.3) is 0 Å². The molecule has 0 radical (unpaired) electrons. The van der Waals surface area contributed by atoms with Gasteiger partial charge in [-0.2, -0.15) is 13.2 Å². The second-order valence-electron chi connectivity index (χ2n) is 4.39. The van der Waals surface area contributed by atoms with Gasteiger partial charge in [0.15, 0.2) is 11.5 Å². The lowest BCUT2D eigenvalue weighted by Gasteiger charge is -2.23. The van der Waals surface area contributed by atoms with Crippen LogP contribution >= 0.6 is 0 Å². The Morgan fingerprint density at radius 1 is 1.36 bits per heavy atom. The van der Waals surface area contributed by atoms with Crippen molar-refractivity contribution >= 4 is 5.91 Å². The summed E-state index contributed by atoms with van der Waals surface area (Å²) < 4.78 is 48.0. The highest BCUT2D eigenvalue weighted by molar-refractivity contribution is 5.95. The normalized spacial score (nSPS) is 11.0. The molecule has 122 valence electrons. The van der Waals surface area contributed by atoms with E-state index in [0.717, 1.165) is 0 Å². The van der Waals surface area contributed by atoms with Crippen molar-refractivity contribution in [2.75, 3.05) is 26.8 Å². The molecule has 0 saturated carbocycles. The standard InChI is InChI=1S/C15H18F3NO3/c1-4-8-19(10-15(16,17)18)14(20)11-6-7-12(22-5-2)13(9-11)21-3/h4,6-7,9H,1,5,8,10H2,2-3H3. The number of alkyl halides is 3. The predicted octanol–water partition coefficient (Wildman–Crippen LogP) is 3.28. The van der Waals surface area contributed by atoms with Crippen LogP contribution in [0.3, 0.4) is 0 Å². The molecule has 0 unspecified atom stereocenters. The predicted molar refractivity (Wildman–Crippen MR) is 76.3 cm³/mol. The van der Waals surface area contributed by atoms with Crippen LogP contribution < -0.4 is 9.47 Å². The fourth-order valence-corrected chi connectivity index (χ4v) is 1.85. The third-order valence-corrected chi connectivity index (χ3v) is 2.72. The number of benzene rings is 1. The number of carbonyl (C=O) groups is 1. The maximum absolute atomic E-state index is 12.5. The fourth-order valence-electron chi connectivity index (χ4n) is 1.85. The molecular weight excluding hydrogens is 299 g/mol. The molecule has 0 bridgehead atoms. The Kier molecular flexibility index (Phi) is 6.27. The van der Waals surface area contributed by atoms with Crippen LogP contribution in [0.15, 0.2) is 30.9 Å². The minimum atomic E-state index is -4.48. The maximum atomic E-state index is 12.5. The van der Waals surface area contributed by atoms with E-state index >= 15 is 0 Å². The van der Waals surface area contributed by atoms with E-state index in [0.29, 0.717) is 23.0 Å². The number of amides is 1. The van der Waals surface area contributed by atoms with Crippen molar-refractivity contribution in [2.24, 2.45) is 0 Å². The molecule has 22 heavy (non-hydrogen) atoms. The van der Waals surface area contributed by atoms with Crippen molar-refractivity contribution in [1.82, 2.24) is 4.90 Å². The number of rotatable bonds is 7. The van der Waals surface area contributed by atoms with Gasteiger partial charge < -0.3 is 14.4 Å². The largest absolute Gasteiger partial charge is 0.493 e. The summed E-state index contributed by atoms with van der Waals surface area (Å²) in [6.07, 6.45) is -3.23. The van der Waals surface area contributed by atoms with Gasteiger partial charge in [-0.15, -0.1) is 6.58 Å². The highest BCUT2D eigenvalue weighted by atomic mass is 19.4. The van der Waals surface area contributed by atoms with Crippen LogP contribution in [0.4, 0.5) is 13.2 Å². The summed E-state index contributed by atoms with van der Waals surface area (Å²) in [5.74, 6) is -0.0375. The Labute approximate surface area is 127 Å². The van der Waals surface area contributed by atoms with Crippen LogP contribution in [-0.4, -0.2) is 43.8 Å². The molecule has 0 aliphatic rings. The van der Waals surface area contributed by atoms with Crippen LogP contribution in [0.1, 0.15) is 17.3 Å². The highest BCUT2D eigenvalue weighted by Gasteiger charge is 2.33. The number of hydrogen-bond donors (Lipinski definition) is 0. The average Bonchev–Trinajstić information content (AvgIpc) is 2.45. The molecule has 4 nitrogen and oxygen atoms in total. The zero-order valence-corrected chi connectivity index (χ0v) is 12.4. The highest BCUT2D eigenvalue weighted by Crippen LogP contribution is 2.29. The van der Waals surface area contributed by atoms with Crippen molar-refractivity contribution in [2.45, 2.75) is 13.1 Å². The van der Waals surface area contributed by atoms with Gasteiger partial charge in [0, 0.05) is 12.1 Å². The van der Waals surface area contributed by atoms with Crippen LogP contribution in [0.5, 0.6) is 11.5 Å². The summed E-state index contributed by atoms with van der Waals surface area (Å²) in [7, 11) is 1.39. The topological polar surface area (TPSA) is 38.8 Å². The third kappa shape index (κ3) is 4.98. The van der Waals surface area contributed by atoms with Crippen molar-refractivity contribution in [1.29, 1.82) is 0 Å². The Balaban J connectivity index is 3.05. The van der Waals surface area contributed by atoms with Crippen molar-refractivity contribution in [3.05, 3.63) is 36.4 Å². The molecule has 0 fully saturated rings. The number of methoxy groups -OCH3 is 1. The number of hydrogen-bond acceptors (Lipinski definition) is 3. The van der Waals surface area contributed by atoms with E-state index in [-0.39, 0.29) is 12.1 Å². The zero-order valence-electron chi connectivity index (χ0n) is 12.4. The molecule has 1 amide bonds. The molecule has 0 heterocycles. The van der Waals surface area contributed by atoms with E-state index in [1.54, 1.807) is 6.92 Å². The summed E-state index contributed by atoms with van der Waals surface area (Å²) in [5.41, 5.74) is 0.0893. The number of ether oxygens (including phenoxy) is 2. The van der Waals surface area contributed by atoms with E-state index in [4.69, 9.17) is 9.47 Å². The molecular formula is C15H18F3NO3. The third-order valence-electron chi connectivity index (χ3n) is 2.72. The lowest BCUT2D eigenvalue weighted by Crippen LogP contribution is -2.39. The number of nitrogens with zero attached hydrogens (tertiary/aromatic N) is 1. The maximum Gasteiger partial charge on any atom is 0.406 e. The molecule has 0 spiro atoms. The Morgan fingerprint density at radius 2 is 2.05 bits per heavy atom. The fraction of sp³-hybridized carbons (Fsp3) is 0.400. The number of halogens is 3. The van der Waals surface area contributed by atoms with E-state index in [1.807, 2.05) is 0 Å². The molecule has 1 aromatic rings. The quantitative estimate of drug-likeness (QED) is 0.724. The van der Waals surface area contributed by atoms with Gasteiger partial charge in [0.05, 0.1) is 13.7 Å². The molecule has 0 aliphatic carbocycles. The van der Waals surface area contributed by atoms with Gasteiger partial charge in [-0.3, -0.25) is 4.79 Å². The monoisotopic (exact) mass is 317 g/mol. The van der Waals surface area contributed by atoms with Gasteiger partial charge in [0.2, 0.25) is 0 Å². The first-order chi connectivity index (χ1) is 10.3. The first-order valence-electron chi connectivity index (χ1n) is 6.60. The van der Waals surface area contributed by atoms with Crippen LogP contribution in [0.2, 0.25) is 0 Å². The van der Waals surface area contributed by atoms with Crippen LogP contribution in [-0.2, 0) is 0 Å². The van der Waals surface area contributed by atoms with E-state index in [9.17, 15) is 18.0 Å². The van der Waals surface area contributed by atoms with E-state index in [1.165, 1.54) is 31.4 Å². The van der Waals surface area contributed by atoms with Gasteiger partial charge >= 0.3 is 6.18 Å². The van der Waals surface area contributed by atoms with Crippen molar-refractivity contribution < 1.29 is 27.4 Å². The molecule has 0 atom stereocenters. The lowest BCUT2D eigenvalue weighted by atomic mass is 10.1. The van der Waals surface area contributed by atoms with Gasteiger partial charge in [-0.1, -0.05) is 6.08 Å². The van der Waals surface area contributed by atoms with Crippen molar-refractivity contribution in [3.63, 3.8) is 0 Å². The second-order valence-corrected chi connectivity index (χ2v) is 4.39. The van der Waals surface area contributed by atoms with Gasteiger partial charge in [0.1, 0.15) is 6.54 Å². The molecule has 7 heteroatoms. The summed E-state index contributed by atoms with van der Waals surface area (Å²) in [4.78, 5) is 12.9. The van der Waals surface area contributed by atoms with E-state index < -0.39 is 18.6 Å². The van der Waals surface area contributed by atoms with E-state index in [2.05, 4.69) is 6.58 Å². The summed E-state index contributed by atoms with van der Waals surface area (Å²) in [6, 6.07) is 4.26. The summed E-state index contributed by atoms with van der Waals surface area (Å²) in [6.45, 7) is 4.02. The average molecular weight is 317 g/mol. The smallest absolute Gasteiger partial charge is 0.406 e. The molecule has 0 saturated heterocycles. The minimum Gasteiger partial charge on any atom is -0.493 e. The Bertz CT molecular complexity index is 529. The summed E-state index contributed by atoms with van der Waals surface area (Å²) in [5, 5.41) is 0. The SMILES string of the molecule is C=CCN(CC(F)(F)F)C(=O)c1ccc(OCC)c(OC)c1. The molecule has 0 aromatic heterocycles. The number of carbonyl (C=O) groups excluding carboxylic acids is 1. The lowest BCUT2D eigenvalue weighted by molar-refractivity contribution is -0.139. The second kappa shape index (κ2) is 7.72. The van der Waals surface area contributed by atoms with Crippen LogP contribution in [0, 0.1) is 0 Å². The van der Waals surface area contributed by atoms with Gasteiger partial charge in [-0.05, 0) is 25.1 Å². The Hall–Kier alpha value is -2.18. The van der Waals surface area contributed by atoms with Gasteiger partial charge in [-0.25, -0.2) is 0 Å². The first-order valence-corrected chi connectivity index (χ1v) is 6.60. The van der Waals surface area contributed by atoms with Crippen molar-refractivity contribution in [3.8, 4) is 11.5 Å². The summed E-state index contributed by atoms with van der Waals surface area (Å²) >= 11 is 0. The minimum absolute atomic E-state index is 0.0893. The zero-order chi connectivity index (χ0) is 16.8. The molecule has 0 aliphatic heterocycles. The molecule has 0 N–H and O–H groups in total. The Morgan fingerprint density at radius 3 is 2.55 bits per heavy atom. The van der Waals surface area contributed by atoms with Gasteiger partial charge in [0.25, 0.3) is 5.91 Å². The molecule has 1 rings (SSSR count). The molecule has 1 aromatic carbocycles. The first kappa shape index (κ1) is 17.9.